The van der Waals surface area contributed by atoms with Crippen LogP contribution in [0.2, 0.25) is 0 Å². The molecule has 0 spiro atoms. The summed E-state index contributed by atoms with van der Waals surface area (Å²) in [5, 5.41) is 3.75. The molecule has 1 aliphatic heterocycles. The van der Waals surface area contributed by atoms with E-state index in [0.717, 1.165) is 16.5 Å². The second-order valence-corrected chi connectivity index (χ2v) is 5.90. The Morgan fingerprint density at radius 3 is 2.88 bits per heavy atom. The predicted octanol–water partition coefficient (Wildman–Crippen LogP) is 1.83. The molecule has 24 heavy (non-hydrogen) atoms. The number of nitrogens with zero attached hydrogens (tertiary/aromatic N) is 1. The highest BCUT2D eigenvalue weighted by atomic mass is 16.3. The third kappa shape index (κ3) is 2.56. The molecule has 3 heterocycles. The van der Waals surface area contributed by atoms with E-state index >= 15 is 0 Å². The molecule has 4 rings (SSSR count). The molecule has 0 radical (unpaired) electrons. The van der Waals surface area contributed by atoms with Crippen molar-refractivity contribution < 1.29 is 14.0 Å². The summed E-state index contributed by atoms with van der Waals surface area (Å²) in [5.41, 5.74) is 2.04. The van der Waals surface area contributed by atoms with Crippen molar-refractivity contribution in [3.8, 4) is 0 Å². The molecule has 2 amide bonds. The number of aromatic amines is 1. The van der Waals surface area contributed by atoms with E-state index in [4.69, 9.17) is 4.42 Å². The maximum atomic E-state index is 12.4. The third-order valence-electron chi connectivity index (χ3n) is 4.41. The van der Waals surface area contributed by atoms with E-state index in [1.807, 2.05) is 36.5 Å². The van der Waals surface area contributed by atoms with E-state index in [-0.39, 0.29) is 18.4 Å². The maximum Gasteiger partial charge on any atom is 0.243 e. The monoisotopic (exact) mass is 323 g/mol. The fraction of sp³-hybridized carbons (Fsp3) is 0.222. The Balaban J connectivity index is 1.64. The summed E-state index contributed by atoms with van der Waals surface area (Å²) in [7, 11) is 0. The fourth-order valence-corrected chi connectivity index (χ4v) is 3.18. The van der Waals surface area contributed by atoms with E-state index in [0.29, 0.717) is 18.7 Å². The van der Waals surface area contributed by atoms with Gasteiger partial charge in [-0.3, -0.25) is 9.59 Å². The molecule has 0 bridgehead atoms. The normalized spacial score (nSPS) is 18.2. The zero-order chi connectivity index (χ0) is 16.5. The van der Waals surface area contributed by atoms with Gasteiger partial charge in [0.1, 0.15) is 11.8 Å². The lowest BCUT2D eigenvalue weighted by Gasteiger charge is -2.34. The van der Waals surface area contributed by atoms with Crippen molar-refractivity contribution in [3.05, 3.63) is 60.2 Å². The summed E-state index contributed by atoms with van der Waals surface area (Å²) in [6.45, 7) is 0.330. The molecule has 122 valence electrons. The SMILES string of the molecule is O=C1NCC(=O)N(Cc2ccco2)[C@H]1Cc1c[nH]c2ccccc12. The molecule has 1 saturated heterocycles. The average molecular weight is 323 g/mol. The summed E-state index contributed by atoms with van der Waals surface area (Å²) in [6.07, 6.45) is 3.93. The highest BCUT2D eigenvalue weighted by Crippen LogP contribution is 2.22. The number of carbonyl (C=O) groups is 2. The van der Waals surface area contributed by atoms with Gasteiger partial charge >= 0.3 is 0 Å². The first-order valence-corrected chi connectivity index (χ1v) is 7.87. The van der Waals surface area contributed by atoms with Crippen molar-refractivity contribution in [2.45, 2.75) is 19.0 Å². The van der Waals surface area contributed by atoms with Crippen LogP contribution >= 0.6 is 0 Å². The van der Waals surface area contributed by atoms with Crippen molar-refractivity contribution in [1.82, 2.24) is 15.2 Å². The van der Waals surface area contributed by atoms with E-state index in [1.54, 1.807) is 17.2 Å². The van der Waals surface area contributed by atoms with Crippen LogP contribution in [-0.2, 0) is 22.6 Å². The minimum atomic E-state index is -0.546. The van der Waals surface area contributed by atoms with Gasteiger partial charge in [-0.25, -0.2) is 0 Å². The minimum absolute atomic E-state index is 0.0317. The van der Waals surface area contributed by atoms with Crippen LogP contribution in [0.4, 0.5) is 0 Å². The Morgan fingerprint density at radius 2 is 2.04 bits per heavy atom. The summed E-state index contributed by atoms with van der Waals surface area (Å²) in [4.78, 5) is 29.5. The van der Waals surface area contributed by atoms with Gasteiger partial charge in [0.05, 0.1) is 19.4 Å². The summed E-state index contributed by atoms with van der Waals surface area (Å²) in [6, 6.07) is 11.0. The van der Waals surface area contributed by atoms with Gasteiger partial charge in [0.25, 0.3) is 0 Å². The van der Waals surface area contributed by atoms with Gasteiger partial charge in [-0.2, -0.15) is 0 Å². The highest BCUT2D eigenvalue weighted by Gasteiger charge is 2.35. The molecule has 1 fully saturated rings. The highest BCUT2D eigenvalue weighted by molar-refractivity contribution is 5.95. The minimum Gasteiger partial charge on any atom is -0.467 e. The Morgan fingerprint density at radius 1 is 1.17 bits per heavy atom. The smallest absolute Gasteiger partial charge is 0.243 e. The molecule has 1 aliphatic rings. The zero-order valence-electron chi connectivity index (χ0n) is 13.0. The summed E-state index contributed by atoms with van der Waals surface area (Å²) >= 11 is 0. The lowest BCUT2D eigenvalue weighted by Crippen LogP contribution is -2.58. The number of H-pyrrole nitrogens is 1. The van der Waals surface area contributed by atoms with Gasteiger partial charge < -0.3 is 19.6 Å². The number of amides is 2. The van der Waals surface area contributed by atoms with Crippen molar-refractivity contribution in [2.75, 3.05) is 6.54 Å². The Labute approximate surface area is 138 Å². The van der Waals surface area contributed by atoms with Crippen molar-refractivity contribution >= 4 is 22.7 Å². The van der Waals surface area contributed by atoms with E-state index in [9.17, 15) is 9.59 Å². The Hall–Kier alpha value is -3.02. The number of carbonyl (C=O) groups excluding carboxylic acids is 2. The number of hydrogen-bond acceptors (Lipinski definition) is 3. The quantitative estimate of drug-likeness (QED) is 0.769. The van der Waals surface area contributed by atoms with E-state index in [1.165, 1.54) is 0 Å². The lowest BCUT2D eigenvalue weighted by atomic mass is 10.0. The number of piperazine rings is 1. The number of rotatable bonds is 4. The topological polar surface area (TPSA) is 78.3 Å². The summed E-state index contributed by atoms with van der Waals surface area (Å²) in [5.74, 6) is 0.434. The molecular weight excluding hydrogens is 306 g/mol. The second kappa shape index (κ2) is 5.88. The Bertz CT molecular complexity index is 882. The van der Waals surface area contributed by atoms with Gasteiger partial charge in [0, 0.05) is 23.5 Å². The third-order valence-corrected chi connectivity index (χ3v) is 4.41. The molecule has 1 atom stereocenters. The number of nitrogens with one attached hydrogen (secondary N) is 2. The van der Waals surface area contributed by atoms with Gasteiger partial charge in [-0.05, 0) is 23.8 Å². The molecule has 0 saturated carbocycles. The van der Waals surface area contributed by atoms with Crippen LogP contribution in [0.15, 0.2) is 53.3 Å². The molecule has 0 unspecified atom stereocenters. The van der Waals surface area contributed by atoms with Crippen LogP contribution < -0.4 is 5.32 Å². The van der Waals surface area contributed by atoms with E-state index < -0.39 is 6.04 Å². The summed E-state index contributed by atoms with van der Waals surface area (Å²) < 4.78 is 5.34. The fourth-order valence-electron chi connectivity index (χ4n) is 3.18. The van der Waals surface area contributed by atoms with Gasteiger partial charge in [0.15, 0.2) is 0 Å². The Kier molecular flexibility index (Phi) is 3.57. The van der Waals surface area contributed by atoms with Crippen LogP contribution in [0.3, 0.4) is 0 Å². The van der Waals surface area contributed by atoms with Gasteiger partial charge in [0.2, 0.25) is 11.8 Å². The van der Waals surface area contributed by atoms with Crippen molar-refractivity contribution in [2.24, 2.45) is 0 Å². The first-order valence-electron chi connectivity index (χ1n) is 7.87. The van der Waals surface area contributed by atoms with Crippen LogP contribution in [0.5, 0.6) is 0 Å². The largest absolute Gasteiger partial charge is 0.467 e. The van der Waals surface area contributed by atoms with Gasteiger partial charge in [-0.1, -0.05) is 18.2 Å². The van der Waals surface area contributed by atoms with Gasteiger partial charge in [-0.15, -0.1) is 0 Å². The number of hydrogen-bond donors (Lipinski definition) is 2. The van der Waals surface area contributed by atoms with Crippen LogP contribution in [-0.4, -0.2) is 34.3 Å². The predicted molar refractivity (Wildman–Crippen MR) is 88.1 cm³/mol. The number of para-hydroxylation sites is 1. The average Bonchev–Trinajstić information content (AvgIpc) is 3.24. The number of aromatic nitrogens is 1. The van der Waals surface area contributed by atoms with Crippen LogP contribution in [0.25, 0.3) is 10.9 Å². The first kappa shape index (κ1) is 14.6. The zero-order valence-corrected chi connectivity index (χ0v) is 13.0. The van der Waals surface area contributed by atoms with Crippen LogP contribution in [0, 0.1) is 0 Å². The van der Waals surface area contributed by atoms with Crippen molar-refractivity contribution in [1.29, 1.82) is 0 Å². The molecular formula is C18H17N3O3. The van der Waals surface area contributed by atoms with Crippen molar-refractivity contribution in [3.63, 3.8) is 0 Å². The molecule has 0 aliphatic carbocycles. The maximum absolute atomic E-state index is 12.4. The van der Waals surface area contributed by atoms with Crippen LogP contribution in [0.1, 0.15) is 11.3 Å². The number of furan rings is 1. The molecule has 6 heteroatoms. The van der Waals surface area contributed by atoms with E-state index in [2.05, 4.69) is 10.3 Å². The molecule has 1 aromatic carbocycles. The second-order valence-electron chi connectivity index (χ2n) is 5.90. The molecule has 3 aromatic rings. The molecule has 2 N–H and O–H groups in total. The molecule has 6 nitrogen and oxygen atoms in total. The first-order chi connectivity index (χ1) is 11.7. The number of benzene rings is 1. The standard InChI is InChI=1S/C18H17N3O3/c22-17-10-20-18(23)16(21(17)11-13-4-3-7-24-13)8-12-9-19-15-6-2-1-5-14(12)15/h1-7,9,16,19H,8,10-11H2,(H,20,23)/t16-/m0/s1. The number of fused-ring (bicyclic) bond motifs is 1. The molecule has 2 aromatic heterocycles. The lowest BCUT2D eigenvalue weighted by molar-refractivity contribution is -0.146.